The van der Waals surface area contributed by atoms with Gasteiger partial charge in [-0.25, -0.2) is 4.79 Å². The molecule has 120 valence electrons. The summed E-state index contributed by atoms with van der Waals surface area (Å²) in [4.78, 5) is 14.4. The molecule has 0 saturated carbocycles. The minimum atomic E-state index is -0.538. The summed E-state index contributed by atoms with van der Waals surface area (Å²) in [6, 6.07) is 3.69. The van der Waals surface area contributed by atoms with Gasteiger partial charge < -0.3 is 14.4 Å². The molecule has 1 N–H and O–H groups in total. The number of anilines is 1. The molecule has 1 aromatic carbocycles. The second kappa shape index (κ2) is 5.53. The predicted molar refractivity (Wildman–Crippen MR) is 92.1 cm³/mol. The van der Waals surface area contributed by atoms with E-state index in [0.29, 0.717) is 0 Å². The summed E-state index contributed by atoms with van der Waals surface area (Å²) >= 11 is 0. The van der Waals surface area contributed by atoms with Crippen LogP contribution in [0.3, 0.4) is 0 Å². The zero-order chi connectivity index (χ0) is 16.0. The van der Waals surface area contributed by atoms with E-state index >= 15 is 0 Å². The van der Waals surface area contributed by atoms with Crippen molar-refractivity contribution in [2.45, 2.75) is 38.7 Å². The average Bonchev–Trinajstić information content (AvgIpc) is 2.54. The van der Waals surface area contributed by atoms with Gasteiger partial charge in [-0.2, -0.15) is 0 Å². The lowest BCUT2D eigenvalue weighted by molar-refractivity contribution is 0.245. The Morgan fingerprint density at radius 1 is 1.26 bits per heavy atom. The Labute approximate surface area is 135 Å². The molecule has 0 spiro atoms. The van der Waals surface area contributed by atoms with E-state index < -0.39 is 6.10 Å². The highest BCUT2D eigenvalue weighted by molar-refractivity contribution is 5.93. The highest BCUT2D eigenvalue weighted by Gasteiger charge is 2.27. The van der Waals surface area contributed by atoms with Gasteiger partial charge in [-0.15, -0.1) is 0 Å². The summed E-state index contributed by atoms with van der Waals surface area (Å²) in [6.07, 6.45) is 7.30. The van der Waals surface area contributed by atoms with Crippen molar-refractivity contribution in [1.82, 2.24) is 0 Å². The second-order valence-electron chi connectivity index (χ2n) is 6.55. The van der Waals surface area contributed by atoms with E-state index in [9.17, 15) is 9.90 Å². The molecule has 0 saturated heterocycles. The van der Waals surface area contributed by atoms with Gasteiger partial charge in [-0.05, 0) is 49.8 Å². The lowest BCUT2D eigenvalue weighted by Crippen LogP contribution is -2.34. The van der Waals surface area contributed by atoms with Crippen molar-refractivity contribution < 1.29 is 9.52 Å². The van der Waals surface area contributed by atoms with Gasteiger partial charge in [0, 0.05) is 35.8 Å². The number of hydrogen-bond acceptors (Lipinski definition) is 4. The molecule has 23 heavy (non-hydrogen) atoms. The first-order valence-electron chi connectivity index (χ1n) is 8.37. The molecule has 0 bridgehead atoms. The first kappa shape index (κ1) is 14.5. The summed E-state index contributed by atoms with van der Waals surface area (Å²) in [5.74, 6) is 0. The Kier molecular flexibility index (Phi) is 3.49. The Balaban J connectivity index is 2.02. The van der Waals surface area contributed by atoms with Crippen molar-refractivity contribution in [2.75, 3.05) is 18.0 Å². The van der Waals surface area contributed by atoms with Crippen LogP contribution in [0.25, 0.3) is 17.0 Å². The number of aliphatic hydroxyl groups is 1. The topological polar surface area (TPSA) is 53.7 Å². The molecule has 0 amide bonds. The largest absolute Gasteiger partial charge is 0.422 e. The van der Waals surface area contributed by atoms with E-state index in [0.717, 1.165) is 48.9 Å². The van der Waals surface area contributed by atoms with E-state index in [1.54, 1.807) is 13.0 Å². The Morgan fingerprint density at radius 3 is 2.83 bits per heavy atom. The van der Waals surface area contributed by atoms with Gasteiger partial charge in [0.15, 0.2) is 0 Å². The third-order valence-corrected chi connectivity index (χ3v) is 4.81. The molecular formula is C19H21NO3. The summed E-state index contributed by atoms with van der Waals surface area (Å²) < 4.78 is 5.60. The quantitative estimate of drug-likeness (QED) is 0.867. The number of aliphatic hydroxyl groups excluding tert-OH is 1. The number of nitrogens with zero attached hydrogens (tertiary/aromatic N) is 1. The zero-order valence-corrected chi connectivity index (χ0v) is 13.3. The molecule has 2 aromatic rings. The van der Waals surface area contributed by atoms with Crippen LogP contribution in [0.5, 0.6) is 0 Å². The van der Waals surface area contributed by atoms with Gasteiger partial charge in [-0.1, -0.05) is 12.2 Å². The smallest absolute Gasteiger partial charge is 0.336 e. The van der Waals surface area contributed by atoms with Gasteiger partial charge in [0.25, 0.3) is 0 Å². The fourth-order valence-corrected chi connectivity index (χ4v) is 3.88. The van der Waals surface area contributed by atoms with Gasteiger partial charge in [0.05, 0.1) is 6.10 Å². The number of aryl methyl sites for hydroxylation is 2. The second-order valence-corrected chi connectivity index (χ2v) is 6.55. The van der Waals surface area contributed by atoms with Gasteiger partial charge in [0.1, 0.15) is 5.58 Å². The average molecular weight is 311 g/mol. The zero-order valence-electron chi connectivity index (χ0n) is 13.3. The normalized spacial score (nSPS) is 18.4. The molecule has 1 atom stereocenters. The number of rotatable bonds is 2. The lowest BCUT2D eigenvalue weighted by Gasteiger charge is -2.37. The maximum Gasteiger partial charge on any atom is 0.336 e. The maximum atomic E-state index is 12.0. The SMILES string of the molecule is CC(O)C=Cc1cc(=O)oc2c3c4c(cc12)CCCN4CCC3. The van der Waals surface area contributed by atoms with Crippen LogP contribution in [0.15, 0.2) is 27.4 Å². The number of benzene rings is 1. The molecule has 2 aliphatic rings. The molecule has 0 fully saturated rings. The number of hydrogen-bond donors (Lipinski definition) is 1. The maximum absolute atomic E-state index is 12.0. The van der Waals surface area contributed by atoms with Crippen molar-refractivity contribution in [3.63, 3.8) is 0 Å². The molecule has 4 heteroatoms. The molecule has 4 rings (SSSR count). The molecule has 1 aromatic heterocycles. The van der Waals surface area contributed by atoms with Crippen molar-refractivity contribution in [2.24, 2.45) is 0 Å². The van der Waals surface area contributed by atoms with Gasteiger partial charge in [-0.3, -0.25) is 0 Å². The third-order valence-electron chi connectivity index (χ3n) is 4.81. The molecule has 4 nitrogen and oxygen atoms in total. The van der Waals surface area contributed by atoms with E-state index in [-0.39, 0.29) is 5.63 Å². The van der Waals surface area contributed by atoms with Crippen molar-refractivity contribution in [1.29, 1.82) is 0 Å². The highest BCUT2D eigenvalue weighted by Crippen LogP contribution is 2.40. The van der Waals surface area contributed by atoms with E-state index in [4.69, 9.17) is 4.42 Å². The molecule has 2 aliphatic heterocycles. The summed E-state index contributed by atoms with van der Waals surface area (Å²) in [7, 11) is 0. The first-order chi connectivity index (χ1) is 11.1. The minimum Gasteiger partial charge on any atom is -0.422 e. The molecule has 0 radical (unpaired) electrons. The van der Waals surface area contributed by atoms with Crippen LogP contribution in [-0.2, 0) is 12.8 Å². The Hall–Kier alpha value is -2.07. The van der Waals surface area contributed by atoms with Crippen LogP contribution in [-0.4, -0.2) is 24.3 Å². The van der Waals surface area contributed by atoms with Crippen molar-refractivity contribution >= 4 is 22.7 Å². The van der Waals surface area contributed by atoms with Gasteiger partial charge in [0.2, 0.25) is 0 Å². The Bertz CT molecular complexity index is 846. The van der Waals surface area contributed by atoms with E-state index in [1.165, 1.54) is 29.3 Å². The van der Waals surface area contributed by atoms with Crippen molar-refractivity contribution in [3.8, 4) is 0 Å². The van der Waals surface area contributed by atoms with Crippen LogP contribution >= 0.6 is 0 Å². The Morgan fingerprint density at radius 2 is 2.04 bits per heavy atom. The summed E-state index contributed by atoms with van der Waals surface area (Å²) in [5.41, 5.74) is 5.08. The molecule has 1 unspecified atom stereocenters. The predicted octanol–water partition coefficient (Wildman–Crippen LogP) is 2.89. The van der Waals surface area contributed by atoms with Crippen LogP contribution in [0, 0.1) is 0 Å². The number of fused-ring (bicyclic) bond motifs is 2. The fourth-order valence-electron chi connectivity index (χ4n) is 3.88. The molecular weight excluding hydrogens is 290 g/mol. The highest BCUT2D eigenvalue weighted by atomic mass is 16.4. The summed E-state index contributed by atoms with van der Waals surface area (Å²) in [5, 5.41) is 10.5. The molecule has 0 aliphatic carbocycles. The standard InChI is InChI=1S/C19H21NO3/c1-12(21)6-7-13-11-17(22)23-19-15-5-3-9-20-8-2-4-14(18(15)20)10-16(13)19/h6-7,10-12,21H,2-5,8-9H2,1H3. The first-order valence-corrected chi connectivity index (χ1v) is 8.37. The molecule has 3 heterocycles. The van der Waals surface area contributed by atoms with Crippen LogP contribution in [0.2, 0.25) is 0 Å². The van der Waals surface area contributed by atoms with Crippen LogP contribution in [0.4, 0.5) is 5.69 Å². The van der Waals surface area contributed by atoms with Crippen LogP contribution < -0.4 is 10.5 Å². The monoisotopic (exact) mass is 311 g/mol. The summed E-state index contributed by atoms with van der Waals surface area (Å²) in [6.45, 7) is 3.89. The van der Waals surface area contributed by atoms with Crippen molar-refractivity contribution in [3.05, 3.63) is 45.3 Å². The lowest BCUT2D eigenvalue weighted by atomic mass is 9.89. The minimum absolute atomic E-state index is 0.327. The van der Waals surface area contributed by atoms with E-state index in [2.05, 4.69) is 11.0 Å². The van der Waals surface area contributed by atoms with Crippen LogP contribution in [0.1, 0.15) is 36.5 Å². The van der Waals surface area contributed by atoms with Gasteiger partial charge >= 0.3 is 5.63 Å². The third kappa shape index (κ3) is 2.47. The van der Waals surface area contributed by atoms with E-state index in [1.807, 2.05) is 6.08 Å². The fraction of sp³-hybridized carbons (Fsp3) is 0.421.